The molecule has 0 radical (unpaired) electrons. The van der Waals surface area contributed by atoms with Gasteiger partial charge in [-0.1, -0.05) is 6.07 Å². The average Bonchev–Trinajstić information content (AvgIpc) is 3.00. The predicted molar refractivity (Wildman–Crippen MR) is 84.8 cm³/mol. The second-order valence-corrected chi connectivity index (χ2v) is 7.57. The maximum atomic E-state index is 12.6. The lowest BCUT2D eigenvalue weighted by Crippen LogP contribution is -2.47. The Balaban J connectivity index is 1.68. The monoisotopic (exact) mass is 336 g/mol. The van der Waals surface area contributed by atoms with E-state index in [9.17, 15) is 8.42 Å². The molecule has 0 amide bonds. The fourth-order valence-electron chi connectivity index (χ4n) is 3.07. The van der Waals surface area contributed by atoms with Crippen LogP contribution in [-0.2, 0) is 23.2 Å². The number of nitrogens with zero attached hydrogens (tertiary/aromatic N) is 3. The maximum absolute atomic E-state index is 12.6. The van der Waals surface area contributed by atoms with Crippen molar-refractivity contribution in [3.05, 3.63) is 29.3 Å². The third-order valence-corrected chi connectivity index (χ3v) is 6.00. The fourth-order valence-corrected chi connectivity index (χ4v) is 4.47. The Hall–Kier alpha value is -1.82. The quantitative estimate of drug-likeness (QED) is 0.807. The molecule has 7 nitrogen and oxygen atoms in total. The fraction of sp³-hybridized carbons (Fsp3) is 0.533. The zero-order valence-electron chi connectivity index (χ0n) is 13.0. The molecular weight excluding hydrogens is 316 g/mol. The van der Waals surface area contributed by atoms with E-state index >= 15 is 0 Å². The number of benzene rings is 1. The summed E-state index contributed by atoms with van der Waals surface area (Å²) in [7, 11) is -1.92. The van der Waals surface area contributed by atoms with E-state index in [-0.39, 0.29) is 6.04 Å². The van der Waals surface area contributed by atoms with E-state index in [1.165, 1.54) is 4.31 Å². The number of nitriles is 1. The normalized spacial score (nSPS) is 21.7. The number of ether oxygens (including phenoxy) is 1. The van der Waals surface area contributed by atoms with Crippen LogP contribution in [0.1, 0.15) is 17.5 Å². The van der Waals surface area contributed by atoms with Crippen molar-refractivity contribution in [3.8, 4) is 11.9 Å². The molecule has 124 valence electrons. The molecule has 2 aliphatic rings. The molecule has 1 atom stereocenters. The van der Waals surface area contributed by atoms with Gasteiger partial charge in [0.15, 0.2) is 6.19 Å². The summed E-state index contributed by atoms with van der Waals surface area (Å²) in [5.41, 5.74) is 2.14. The Morgan fingerprint density at radius 1 is 1.35 bits per heavy atom. The third-order valence-electron chi connectivity index (χ3n) is 4.38. The molecule has 23 heavy (non-hydrogen) atoms. The molecule has 0 aromatic heterocycles. The van der Waals surface area contributed by atoms with Crippen LogP contribution in [0.3, 0.4) is 0 Å². The minimum absolute atomic E-state index is 0.197. The van der Waals surface area contributed by atoms with E-state index in [1.54, 1.807) is 12.0 Å². The lowest BCUT2D eigenvalue weighted by Gasteiger charge is -2.29. The second-order valence-electron chi connectivity index (χ2n) is 5.87. The summed E-state index contributed by atoms with van der Waals surface area (Å²) in [6.45, 7) is 1.86. The molecule has 8 heteroatoms. The molecule has 3 rings (SSSR count). The van der Waals surface area contributed by atoms with Crippen molar-refractivity contribution in [2.24, 2.45) is 0 Å². The van der Waals surface area contributed by atoms with Gasteiger partial charge in [0.05, 0.1) is 7.11 Å². The van der Waals surface area contributed by atoms with Gasteiger partial charge in [-0.2, -0.15) is 22.7 Å². The number of rotatable bonds is 4. The number of hydrogen-bond donors (Lipinski definition) is 1. The SMILES string of the molecule is COc1ccc2c(c1)CCN(S(=O)(=O)NC1CCN(C#N)C1)C2. The standard InChI is InChI=1S/C15H20N4O3S/c1-22-15-3-2-13-9-19(7-4-12(13)8-15)23(20,21)17-14-5-6-18(10-14)11-16/h2-3,8,14,17H,4-7,9-10H2,1H3. The van der Waals surface area contributed by atoms with Crippen LogP contribution in [0.15, 0.2) is 18.2 Å². The van der Waals surface area contributed by atoms with Crippen LogP contribution in [0, 0.1) is 11.5 Å². The lowest BCUT2D eigenvalue weighted by atomic mass is 10.0. The molecule has 1 unspecified atom stereocenters. The van der Waals surface area contributed by atoms with Crippen LogP contribution >= 0.6 is 0 Å². The molecule has 0 bridgehead atoms. The first-order chi connectivity index (χ1) is 11.0. The number of likely N-dealkylation sites (tertiary alicyclic amines) is 1. The van der Waals surface area contributed by atoms with E-state index in [2.05, 4.69) is 10.9 Å². The Bertz CT molecular complexity index is 729. The highest BCUT2D eigenvalue weighted by Gasteiger charge is 2.31. The molecule has 1 aromatic carbocycles. The average molecular weight is 336 g/mol. The predicted octanol–water partition coefficient (Wildman–Crippen LogP) is 0.443. The highest BCUT2D eigenvalue weighted by atomic mass is 32.2. The van der Waals surface area contributed by atoms with Gasteiger partial charge >= 0.3 is 0 Å². The highest BCUT2D eigenvalue weighted by Crippen LogP contribution is 2.25. The lowest BCUT2D eigenvalue weighted by molar-refractivity contribution is 0.374. The van der Waals surface area contributed by atoms with Crippen LogP contribution in [0.2, 0.25) is 0 Å². The zero-order valence-corrected chi connectivity index (χ0v) is 13.8. The first-order valence-electron chi connectivity index (χ1n) is 7.59. The van der Waals surface area contributed by atoms with Crippen molar-refractivity contribution in [2.75, 3.05) is 26.7 Å². The van der Waals surface area contributed by atoms with Gasteiger partial charge in [-0.25, -0.2) is 0 Å². The van der Waals surface area contributed by atoms with Crippen LogP contribution in [0.5, 0.6) is 5.75 Å². The van der Waals surface area contributed by atoms with Crippen molar-refractivity contribution in [1.29, 1.82) is 5.26 Å². The van der Waals surface area contributed by atoms with Gasteiger partial charge in [-0.05, 0) is 36.1 Å². The summed E-state index contributed by atoms with van der Waals surface area (Å²) in [4.78, 5) is 1.57. The largest absolute Gasteiger partial charge is 0.497 e. The number of hydrogen-bond acceptors (Lipinski definition) is 5. The van der Waals surface area contributed by atoms with E-state index in [1.807, 2.05) is 18.2 Å². The van der Waals surface area contributed by atoms with Crippen molar-refractivity contribution in [2.45, 2.75) is 25.4 Å². The summed E-state index contributed by atoms with van der Waals surface area (Å²) in [5.74, 6) is 0.792. The van der Waals surface area contributed by atoms with Crippen molar-refractivity contribution in [3.63, 3.8) is 0 Å². The molecule has 0 saturated carbocycles. The van der Waals surface area contributed by atoms with Crippen molar-refractivity contribution < 1.29 is 13.2 Å². The van der Waals surface area contributed by atoms with Gasteiger partial charge in [-0.15, -0.1) is 0 Å². The van der Waals surface area contributed by atoms with Gasteiger partial charge < -0.3 is 9.64 Å². The number of fused-ring (bicyclic) bond motifs is 1. The molecule has 0 aliphatic carbocycles. The number of nitrogens with one attached hydrogen (secondary N) is 1. The smallest absolute Gasteiger partial charge is 0.280 e. The molecule has 2 heterocycles. The van der Waals surface area contributed by atoms with Gasteiger partial charge in [0, 0.05) is 32.2 Å². The Morgan fingerprint density at radius 2 is 2.17 bits per heavy atom. The summed E-state index contributed by atoms with van der Waals surface area (Å²) < 4.78 is 34.5. The van der Waals surface area contributed by atoms with Crippen LogP contribution in [-0.4, -0.2) is 50.4 Å². The van der Waals surface area contributed by atoms with Gasteiger partial charge in [0.25, 0.3) is 10.2 Å². The Kier molecular flexibility index (Phi) is 4.43. The summed E-state index contributed by atoms with van der Waals surface area (Å²) in [6, 6.07) is 5.54. The Morgan fingerprint density at radius 3 is 2.87 bits per heavy atom. The van der Waals surface area contributed by atoms with E-state index in [0.29, 0.717) is 39.0 Å². The van der Waals surface area contributed by atoms with E-state index < -0.39 is 10.2 Å². The molecule has 0 spiro atoms. The molecular formula is C15H20N4O3S. The molecule has 1 saturated heterocycles. The summed E-state index contributed by atoms with van der Waals surface area (Å²) >= 11 is 0. The third kappa shape index (κ3) is 3.42. The van der Waals surface area contributed by atoms with Crippen molar-refractivity contribution in [1.82, 2.24) is 13.9 Å². The summed E-state index contributed by atoms with van der Waals surface area (Å²) in [6.07, 6.45) is 3.39. The maximum Gasteiger partial charge on any atom is 0.280 e. The molecule has 2 aliphatic heterocycles. The van der Waals surface area contributed by atoms with Gasteiger partial charge in [0.2, 0.25) is 0 Å². The molecule has 1 aromatic rings. The van der Waals surface area contributed by atoms with Gasteiger partial charge in [0.1, 0.15) is 5.75 Å². The van der Waals surface area contributed by atoms with Crippen LogP contribution < -0.4 is 9.46 Å². The van der Waals surface area contributed by atoms with Gasteiger partial charge in [-0.3, -0.25) is 0 Å². The first-order valence-corrected chi connectivity index (χ1v) is 9.03. The van der Waals surface area contributed by atoms with Crippen LogP contribution in [0.4, 0.5) is 0 Å². The Labute approximate surface area is 136 Å². The van der Waals surface area contributed by atoms with E-state index in [0.717, 1.165) is 16.9 Å². The van der Waals surface area contributed by atoms with E-state index in [4.69, 9.17) is 10.00 Å². The molecule has 1 N–H and O–H groups in total. The first kappa shape index (κ1) is 16.1. The topological polar surface area (TPSA) is 85.7 Å². The molecule has 1 fully saturated rings. The number of methoxy groups -OCH3 is 1. The second kappa shape index (κ2) is 6.35. The van der Waals surface area contributed by atoms with Crippen molar-refractivity contribution >= 4 is 10.2 Å². The zero-order chi connectivity index (χ0) is 16.4. The van der Waals surface area contributed by atoms with Crippen LogP contribution in [0.25, 0.3) is 0 Å². The minimum atomic E-state index is -3.54. The minimum Gasteiger partial charge on any atom is -0.497 e. The highest BCUT2D eigenvalue weighted by molar-refractivity contribution is 7.87. The summed E-state index contributed by atoms with van der Waals surface area (Å²) in [5, 5.41) is 8.86.